The van der Waals surface area contributed by atoms with Gasteiger partial charge in [-0.1, -0.05) is 12.5 Å². The molecule has 1 aliphatic carbocycles. The van der Waals surface area contributed by atoms with E-state index in [2.05, 4.69) is 9.97 Å². The summed E-state index contributed by atoms with van der Waals surface area (Å²) in [4.78, 5) is 36.7. The van der Waals surface area contributed by atoms with E-state index in [0.717, 1.165) is 48.1 Å². The van der Waals surface area contributed by atoms with E-state index < -0.39 is 17.7 Å². The Morgan fingerprint density at radius 1 is 1.21 bits per heavy atom. The number of amides is 1. The first kappa shape index (κ1) is 23.5. The van der Waals surface area contributed by atoms with Gasteiger partial charge < -0.3 is 15.6 Å². The maximum Gasteiger partial charge on any atom is 0.490 e. The van der Waals surface area contributed by atoms with Crippen LogP contribution in [0.15, 0.2) is 41.9 Å². The van der Waals surface area contributed by atoms with Crippen LogP contribution in [-0.4, -0.2) is 57.1 Å². The Morgan fingerprint density at radius 2 is 1.85 bits per heavy atom. The van der Waals surface area contributed by atoms with E-state index in [4.69, 9.17) is 25.4 Å². The number of benzene rings is 1. The van der Waals surface area contributed by atoms with Gasteiger partial charge in [-0.25, -0.2) is 19.8 Å². The molecule has 1 amide bonds. The zero-order valence-corrected chi connectivity index (χ0v) is 18.1. The van der Waals surface area contributed by atoms with Gasteiger partial charge in [0, 0.05) is 36.5 Å². The Kier molecular flexibility index (Phi) is 5.92. The third-order valence-corrected chi connectivity index (χ3v) is 6.31. The van der Waals surface area contributed by atoms with Gasteiger partial charge in [0.15, 0.2) is 11.5 Å². The highest BCUT2D eigenvalue weighted by Gasteiger charge is 2.60. The van der Waals surface area contributed by atoms with Gasteiger partial charge in [0.05, 0.1) is 0 Å². The van der Waals surface area contributed by atoms with Crippen LogP contribution in [0.1, 0.15) is 31.2 Å². The molecule has 3 atom stereocenters. The molecule has 34 heavy (non-hydrogen) atoms. The molecule has 0 bridgehead atoms. The molecule has 1 spiro atoms. The van der Waals surface area contributed by atoms with Crippen LogP contribution in [0.3, 0.4) is 0 Å². The molecule has 0 radical (unpaired) electrons. The number of carbonyl (C=O) groups excluding carboxylic acids is 1. The third kappa shape index (κ3) is 3.93. The average Bonchev–Trinajstić information content (AvgIpc) is 3.04. The first-order valence-corrected chi connectivity index (χ1v) is 10.6. The number of carboxylic acid groups (broad SMARTS) is 1. The van der Waals surface area contributed by atoms with E-state index in [-0.39, 0.29) is 23.9 Å². The number of hydrogen-bond acceptors (Lipinski definition) is 7. The number of likely N-dealkylation sites (N-methyl/N-ethyl adjacent to an activating group) is 1. The van der Waals surface area contributed by atoms with Crippen LogP contribution in [-0.2, 0) is 15.1 Å². The fraction of sp³-hybridized carbons (Fsp3) is 0.409. The molecule has 2 aliphatic heterocycles. The summed E-state index contributed by atoms with van der Waals surface area (Å²) in [7, 11) is 1.69. The molecule has 3 heterocycles. The van der Waals surface area contributed by atoms with Gasteiger partial charge in [0.1, 0.15) is 18.2 Å². The lowest BCUT2D eigenvalue weighted by Gasteiger charge is -2.46. The van der Waals surface area contributed by atoms with Crippen LogP contribution < -0.4 is 10.5 Å². The van der Waals surface area contributed by atoms with E-state index in [1.807, 2.05) is 18.2 Å². The fourth-order valence-corrected chi connectivity index (χ4v) is 4.72. The molecule has 3 aliphatic rings. The van der Waals surface area contributed by atoms with Gasteiger partial charge in [-0.2, -0.15) is 13.2 Å². The Hall–Kier alpha value is -3.70. The Balaban J connectivity index is 0.000000344. The van der Waals surface area contributed by atoms with Crippen molar-refractivity contribution in [2.24, 2.45) is 16.6 Å². The molecule has 3 unspecified atom stereocenters. The monoisotopic (exact) mass is 477 g/mol. The summed E-state index contributed by atoms with van der Waals surface area (Å²) in [6, 6.07) is 5.90. The lowest BCUT2D eigenvalue weighted by molar-refractivity contribution is -0.192. The van der Waals surface area contributed by atoms with Crippen molar-refractivity contribution in [3.63, 3.8) is 0 Å². The fourth-order valence-electron chi connectivity index (χ4n) is 4.72. The number of aromatic nitrogens is 2. The first-order chi connectivity index (χ1) is 16.1. The normalized spacial score (nSPS) is 25.5. The summed E-state index contributed by atoms with van der Waals surface area (Å²) in [5, 5.41) is 7.12. The van der Waals surface area contributed by atoms with Crippen molar-refractivity contribution in [3.8, 4) is 16.9 Å². The van der Waals surface area contributed by atoms with Crippen LogP contribution >= 0.6 is 0 Å². The molecule has 180 valence electrons. The topological polar surface area (TPSA) is 131 Å². The van der Waals surface area contributed by atoms with Gasteiger partial charge in [0.2, 0.25) is 0 Å². The summed E-state index contributed by atoms with van der Waals surface area (Å²) in [5.74, 6) is -1.84. The minimum atomic E-state index is -5.08. The molecule has 0 saturated heterocycles. The number of carbonyl (C=O) groups is 2. The van der Waals surface area contributed by atoms with Gasteiger partial charge in [-0.05, 0) is 37.0 Å². The molecule has 5 rings (SSSR count). The summed E-state index contributed by atoms with van der Waals surface area (Å²) >= 11 is 0. The van der Waals surface area contributed by atoms with Gasteiger partial charge >= 0.3 is 12.1 Å². The summed E-state index contributed by atoms with van der Waals surface area (Å²) in [6.45, 7) is 0. The molecule has 1 fully saturated rings. The molecule has 12 heteroatoms. The van der Waals surface area contributed by atoms with Crippen molar-refractivity contribution in [3.05, 3.63) is 42.5 Å². The number of guanidine groups is 1. The molecule has 2 aromatic rings. The highest BCUT2D eigenvalue weighted by molar-refractivity contribution is 6.07. The summed E-state index contributed by atoms with van der Waals surface area (Å²) in [6.07, 6.45) is 3.94. The van der Waals surface area contributed by atoms with E-state index in [1.165, 1.54) is 11.2 Å². The minimum absolute atomic E-state index is 0.00276. The number of halogens is 3. The van der Waals surface area contributed by atoms with Gasteiger partial charge in [-0.15, -0.1) is 0 Å². The predicted molar refractivity (Wildman–Crippen MR) is 114 cm³/mol. The maximum absolute atomic E-state index is 13.4. The maximum atomic E-state index is 13.4. The second-order valence-corrected chi connectivity index (χ2v) is 8.29. The molecule has 1 aromatic carbocycles. The van der Waals surface area contributed by atoms with Crippen molar-refractivity contribution in [1.82, 2.24) is 14.9 Å². The number of ether oxygens (including phenoxy) is 1. The Morgan fingerprint density at radius 3 is 2.44 bits per heavy atom. The zero-order chi connectivity index (χ0) is 24.7. The van der Waals surface area contributed by atoms with Crippen LogP contribution in [0.25, 0.3) is 11.1 Å². The first-order valence-electron chi connectivity index (χ1n) is 10.6. The lowest BCUT2D eigenvalue weighted by Crippen LogP contribution is -2.53. The number of alkyl halides is 3. The molecule has 1 aromatic heterocycles. The second kappa shape index (κ2) is 8.58. The number of rotatable bonds is 1. The Labute approximate surface area is 192 Å². The summed E-state index contributed by atoms with van der Waals surface area (Å²) < 4.78 is 38.1. The van der Waals surface area contributed by atoms with Crippen molar-refractivity contribution in [1.29, 1.82) is 0 Å². The van der Waals surface area contributed by atoms with Crippen molar-refractivity contribution in [2.75, 3.05) is 7.05 Å². The highest BCUT2D eigenvalue weighted by atomic mass is 19.4. The highest BCUT2D eigenvalue weighted by Crippen LogP contribution is 2.53. The SMILES string of the molecule is CN1C(=O)C2(N=C1N)c1cc(-c3cncnc3)ccc1OC1CCCCC12.O=C(O)C(F)(F)F. The number of aliphatic carboxylic acids is 1. The number of nitrogens with two attached hydrogens (primary N) is 1. The van der Waals surface area contributed by atoms with E-state index in [1.54, 1.807) is 19.4 Å². The standard InChI is InChI=1S/C20H21N5O2.C2HF3O2/c1-25-18(26)20(24-19(25)21)14-4-2-3-5-16(14)27-17-7-6-12(8-15(17)20)13-9-22-11-23-10-13;3-2(4,5)1(6)7/h6-11,14,16H,2-5H2,1H3,(H2,21,24);(H,6,7). The number of hydrogen-bond donors (Lipinski definition) is 2. The molecule has 9 nitrogen and oxygen atoms in total. The van der Waals surface area contributed by atoms with Gasteiger partial charge in [-0.3, -0.25) is 9.69 Å². The number of aliphatic imine (C=N–C) groups is 1. The molecule has 1 saturated carbocycles. The van der Waals surface area contributed by atoms with Crippen LogP contribution in [0, 0.1) is 5.92 Å². The van der Waals surface area contributed by atoms with E-state index >= 15 is 0 Å². The number of fused-ring (bicyclic) bond motifs is 4. The largest absolute Gasteiger partial charge is 0.490 e. The zero-order valence-electron chi connectivity index (χ0n) is 18.1. The van der Waals surface area contributed by atoms with Crippen molar-refractivity contribution in [2.45, 2.75) is 43.5 Å². The lowest BCUT2D eigenvalue weighted by atomic mass is 9.67. The van der Waals surface area contributed by atoms with E-state index in [0.29, 0.717) is 0 Å². The molecular weight excluding hydrogens is 455 g/mol. The van der Waals surface area contributed by atoms with E-state index in [9.17, 15) is 18.0 Å². The van der Waals surface area contributed by atoms with Crippen molar-refractivity contribution < 1.29 is 32.6 Å². The average molecular weight is 477 g/mol. The van der Waals surface area contributed by atoms with Crippen LogP contribution in [0.2, 0.25) is 0 Å². The van der Waals surface area contributed by atoms with Crippen LogP contribution in [0.4, 0.5) is 13.2 Å². The quantitative estimate of drug-likeness (QED) is 0.646. The number of carboxylic acids is 1. The molecular formula is C22H22F3N5O4. The number of nitrogens with zero attached hydrogens (tertiary/aromatic N) is 4. The summed E-state index contributed by atoms with van der Waals surface area (Å²) in [5.41, 5.74) is 7.71. The Bertz CT molecular complexity index is 1140. The minimum Gasteiger partial charge on any atom is -0.490 e. The van der Waals surface area contributed by atoms with Crippen molar-refractivity contribution >= 4 is 17.8 Å². The van der Waals surface area contributed by atoms with Crippen LogP contribution in [0.5, 0.6) is 5.75 Å². The molecule has 3 N–H and O–H groups in total. The third-order valence-electron chi connectivity index (χ3n) is 6.31. The predicted octanol–water partition coefficient (Wildman–Crippen LogP) is 2.71. The second-order valence-electron chi connectivity index (χ2n) is 8.29. The smallest absolute Gasteiger partial charge is 0.490 e. The van der Waals surface area contributed by atoms with Gasteiger partial charge in [0.25, 0.3) is 5.91 Å².